The van der Waals surface area contributed by atoms with E-state index in [1.807, 2.05) is 0 Å². The van der Waals surface area contributed by atoms with E-state index >= 15 is 0 Å². The summed E-state index contributed by atoms with van der Waals surface area (Å²) in [6.45, 7) is 0.133. The van der Waals surface area contributed by atoms with Crippen LogP contribution in [0.1, 0.15) is 62.0 Å². The SMILES string of the molecule is O=P(O)(O)OCCCCCCCCC(c1ccccc1)c1ccccc1. The predicted octanol–water partition coefficient (Wildman–Crippen LogP) is 5.66. The summed E-state index contributed by atoms with van der Waals surface area (Å²) in [5.74, 6) is 0.439. The van der Waals surface area contributed by atoms with Crippen LogP contribution in [0, 0.1) is 0 Å². The second-order valence-electron chi connectivity index (χ2n) is 6.61. The molecule has 0 aliphatic rings. The molecule has 2 rings (SSSR count). The average molecular weight is 376 g/mol. The summed E-state index contributed by atoms with van der Waals surface area (Å²) in [5, 5.41) is 0. The van der Waals surface area contributed by atoms with Crippen molar-refractivity contribution in [1.29, 1.82) is 0 Å². The number of benzene rings is 2. The molecule has 2 N–H and O–H groups in total. The largest absolute Gasteiger partial charge is 0.469 e. The van der Waals surface area contributed by atoms with Crippen LogP contribution in [0.2, 0.25) is 0 Å². The molecule has 0 spiro atoms. The normalized spacial score (nSPS) is 11.8. The van der Waals surface area contributed by atoms with E-state index in [0.717, 1.165) is 25.7 Å². The smallest absolute Gasteiger partial charge is 0.303 e. The topological polar surface area (TPSA) is 66.8 Å². The molecule has 0 bridgehead atoms. The summed E-state index contributed by atoms with van der Waals surface area (Å²) in [6, 6.07) is 21.4. The Morgan fingerprint density at radius 1 is 0.731 bits per heavy atom. The zero-order chi connectivity index (χ0) is 18.7. The molecule has 0 fully saturated rings. The molecule has 142 valence electrons. The van der Waals surface area contributed by atoms with Gasteiger partial charge in [-0.1, -0.05) is 92.8 Å². The third-order valence-corrected chi connectivity index (χ3v) is 5.07. The molecule has 5 heteroatoms. The molecule has 0 aromatic heterocycles. The van der Waals surface area contributed by atoms with Gasteiger partial charge in [-0.25, -0.2) is 4.57 Å². The molecule has 0 saturated carbocycles. The fraction of sp³-hybridized carbons (Fsp3) is 0.429. The van der Waals surface area contributed by atoms with Crippen LogP contribution in [0.5, 0.6) is 0 Å². The number of phosphoric acid groups is 1. The molecule has 2 aromatic carbocycles. The predicted molar refractivity (Wildman–Crippen MR) is 105 cm³/mol. The molecule has 0 aliphatic carbocycles. The van der Waals surface area contributed by atoms with Gasteiger partial charge in [-0.05, 0) is 24.0 Å². The first-order chi connectivity index (χ1) is 12.6. The van der Waals surface area contributed by atoms with E-state index in [9.17, 15) is 4.57 Å². The minimum atomic E-state index is -4.30. The van der Waals surface area contributed by atoms with E-state index in [4.69, 9.17) is 9.79 Å². The molecular weight excluding hydrogens is 347 g/mol. The lowest BCUT2D eigenvalue weighted by molar-refractivity contribution is 0.193. The number of phosphoric ester groups is 1. The fourth-order valence-electron chi connectivity index (χ4n) is 3.24. The molecule has 0 heterocycles. The molecule has 0 radical (unpaired) electrons. The summed E-state index contributed by atoms with van der Waals surface area (Å²) in [7, 11) is -4.30. The molecule has 0 amide bonds. The number of hydrogen-bond acceptors (Lipinski definition) is 2. The van der Waals surface area contributed by atoms with Crippen molar-refractivity contribution in [2.24, 2.45) is 0 Å². The van der Waals surface area contributed by atoms with E-state index in [0.29, 0.717) is 12.3 Å². The van der Waals surface area contributed by atoms with E-state index in [1.54, 1.807) is 0 Å². The Kier molecular flexibility index (Phi) is 9.07. The summed E-state index contributed by atoms with van der Waals surface area (Å²) in [5.41, 5.74) is 2.74. The minimum Gasteiger partial charge on any atom is -0.303 e. The Balaban J connectivity index is 1.69. The third-order valence-electron chi connectivity index (χ3n) is 4.55. The van der Waals surface area contributed by atoms with E-state index in [2.05, 4.69) is 65.2 Å². The highest BCUT2D eigenvalue weighted by Crippen LogP contribution is 2.35. The monoisotopic (exact) mass is 376 g/mol. The van der Waals surface area contributed by atoms with Gasteiger partial charge >= 0.3 is 7.82 Å². The van der Waals surface area contributed by atoms with Gasteiger partial charge in [-0.15, -0.1) is 0 Å². The quantitative estimate of drug-likeness (QED) is 0.371. The van der Waals surface area contributed by atoms with Gasteiger partial charge < -0.3 is 9.79 Å². The third kappa shape index (κ3) is 8.29. The maximum absolute atomic E-state index is 10.6. The summed E-state index contributed by atoms with van der Waals surface area (Å²) in [4.78, 5) is 17.2. The van der Waals surface area contributed by atoms with Crippen molar-refractivity contribution in [3.05, 3.63) is 71.8 Å². The van der Waals surface area contributed by atoms with Gasteiger partial charge in [0.15, 0.2) is 0 Å². The lowest BCUT2D eigenvalue weighted by Gasteiger charge is -2.18. The maximum Gasteiger partial charge on any atom is 0.469 e. The van der Waals surface area contributed by atoms with Gasteiger partial charge in [0.25, 0.3) is 0 Å². The van der Waals surface area contributed by atoms with Gasteiger partial charge in [0.1, 0.15) is 0 Å². The van der Waals surface area contributed by atoms with Gasteiger partial charge in [-0.2, -0.15) is 0 Å². The number of rotatable bonds is 12. The Morgan fingerprint density at radius 3 is 1.69 bits per heavy atom. The molecule has 26 heavy (non-hydrogen) atoms. The highest BCUT2D eigenvalue weighted by Gasteiger charge is 2.13. The van der Waals surface area contributed by atoms with E-state index in [-0.39, 0.29) is 6.61 Å². The number of unbranched alkanes of at least 4 members (excludes halogenated alkanes) is 5. The first kappa shape index (κ1) is 20.9. The van der Waals surface area contributed by atoms with Crippen LogP contribution in [0.4, 0.5) is 0 Å². The average Bonchev–Trinajstić information content (AvgIpc) is 2.64. The second kappa shape index (κ2) is 11.3. The van der Waals surface area contributed by atoms with Crippen molar-refractivity contribution < 1.29 is 18.9 Å². The summed E-state index contributed by atoms with van der Waals surface area (Å²) in [6.07, 6.45) is 7.35. The molecule has 0 unspecified atom stereocenters. The highest BCUT2D eigenvalue weighted by molar-refractivity contribution is 7.46. The zero-order valence-electron chi connectivity index (χ0n) is 15.2. The van der Waals surface area contributed by atoms with E-state index < -0.39 is 7.82 Å². The van der Waals surface area contributed by atoms with E-state index in [1.165, 1.54) is 24.0 Å². The van der Waals surface area contributed by atoms with Crippen molar-refractivity contribution in [2.45, 2.75) is 50.9 Å². The Labute approximate surface area is 156 Å². The lowest BCUT2D eigenvalue weighted by atomic mass is 9.87. The summed E-state index contributed by atoms with van der Waals surface area (Å²) < 4.78 is 15.0. The fourth-order valence-corrected chi connectivity index (χ4v) is 3.60. The second-order valence-corrected chi connectivity index (χ2v) is 7.85. The Morgan fingerprint density at radius 2 is 1.19 bits per heavy atom. The molecule has 0 atom stereocenters. The van der Waals surface area contributed by atoms with Gasteiger partial charge in [0.05, 0.1) is 6.61 Å². The molecular formula is C21H29O4P. The molecule has 0 saturated heterocycles. The van der Waals surface area contributed by atoms with Crippen molar-refractivity contribution in [3.63, 3.8) is 0 Å². The first-order valence-corrected chi connectivity index (χ1v) is 10.9. The Bertz CT molecular complexity index is 615. The zero-order valence-corrected chi connectivity index (χ0v) is 16.1. The van der Waals surface area contributed by atoms with Crippen molar-refractivity contribution in [3.8, 4) is 0 Å². The van der Waals surface area contributed by atoms with Crippen LogP contribution in [-0.4, -0.2) is 16.4 Å². The van der Waals surface area contributed by atoms with Crippen LogP contribution < -0.4 is 0 Å². The highest BCUT2D eigenvalue weighted by atomic mass is 31.2. The van der Waals surface area contributed by atoms with Crippen LogP contribution >= 0.6 is 7.82 Å². The van der Waals surface area contributed by atoms with Crippen molar-refractivity contribution in [1.82, 2.24) is 0 Å². The summed E-state index contributed by atoms with van der Waals surface area (Å²) >= 11 is 0. The minimum absolute atomic E-state index is 0.133. The molecule has 2 aromatic rings. The maximum atomic E-state index is 10.6. The lowest BCUT2D eigenvalue weighted by Crippen LogP contribution is -2.01. The van der Waals surface area contributed by atoms with Gasteiger partial charge in [0.2, 0.25) is 0 Å². The van der Waals surface area contributed by atoms with Crippen molar-refractivity contribution >= 4 is 7.82 Å². The molecule has 0 aliphatic heterocycles. The van der Waals surface area contributed by atoms with Gasteiger partial charge in [-0.3, -0.25) is 4.52 Å². The van der Waals surface area contributed by atoms with Crippen molar-refractivity contribution in [2.75, 3.05) is 6.61 Å². The number of hydrogen-bond donors (Lipinski definition) is 2. The van der Waals surface area contributed by atoms with Crippen LogP contribution in [0.15, 0.2) is 60.7 Å². The molecule has 4 nitrogen and oxygen atoms in total. The Hall–Kier alpha value is -1.45. The standard InChI is InChI=1S/C21H29O4P/c22-26(23,24)25-18-12-4-2-1-3-11-17-21(19-13-7-5-8-14-19)20-15-9-6-10-16-20/h5-10,13-16,21H,1-4,11-12,17-18H2,(H2,22,23,24). The van der Waals surface area contributed by atoms with Crippen LogP contribution in [-0.2, 0) is 9.09 Å². The van der Waals surface area contributed by atoms with Gasteiger partial charge in [0, 0.05) is 5.92 Å². The van der Waals surface area contributed by atoms with Crippen LogP contribution in [0.3, 0.4) is 0 Å². The first-order valence-electron chi connectivity index (χ1n) is 9.36. The van der Waals surface area contributed by atoms with Crippen LogP contribution in [0.25, 0.3) is 0 Å².